The van der Waals surface area contributed by atoms with Gasteiger partial charge in [-0.05, 0) is 0 Å². The van der Waals surface area contributed by atoms with E-state index in [-0.39, 0.29) is 0 Å². The molecule has 0 fully saturated rings. The molecule has 1 heteroatoms. The van der Waals surface area contributed by atoms with Gasteiger partial charge in [-0.1, -0.05) is 0 Å². The van der Waals surface area contributed by atoms with Gasteiger partial charge in [0.05, 0.1) is 0 Å². The van der Waals surface area contributed by atoms with Gasteiger partial charge in [0, 0.05) is 0 Å². The normalized spacial score (nSPS) is 8.75. The molecule has 0 heterocycles. The van der Waals surface area contributed by atoms with Crippen molar-refractivity contribution in [3.63, 3.8) is 0 Å². The molecule has 0 saturated carbocycles. The summed E-state index contributed by atoms with van der Waals surface area (Å²) in [7, 11) is 0. The molecule has 0 unspecified atom stereocenters. The molecule has 8 heavy (non-hydrogen) atoms. The van der Waals surface area contributed by atoms with E-state index in [9.17, 15) is 0 Å². The van der Waals surface area contributed by atoms with Crippen LogP contribution in [0.2, 0.25) is 0 Å². The van der Waals surface area contributed by atoms with Crippen molar-refractivity contribution in [2.75, 3.05) is 0 Å². The molecular formula is C7H6Mg. The first-order chi connectivity index (χ1) is 3.93. The van der Waals surface area contributed by atoms with Crippen LogP contribution in [0.15, 0.2) is 30.3 Å². The number of rotatable bonds is 1. The summed E-state index contributed by atoms with van der Waals surface area (Å²) in [5.41, 5.74) is 1.30. The van der Waals surface area contributed by atoms with Crippen molar-refractivity contribution in [3.05, 3.63) is 35.9 Å². The zero-order valence-electron chi connectivity index (χ0n) is 4.67. The zero-order valence-corrected chi connectivity index (χ0v) is 6.09. The maximum absolute atomic E-state index is 2.11. The van der Waals surface area contributed by atoms with Gasteiger partial charge in [-0.25, -0.2) is 0 Å². The summed E-state index contributed by atoms with van der Waals surface area (Å²) in [6.45, 7) is 0. The van der Waals surface area contributed by atoms with Gasteiger partial charge < -0.3 is 0 Å². The predicted molar refractivity (Wildman–Crippen MR) is 37.4 cm³/mol. The Kier molecular flexibility index (Phi) is 2.24. The van der Waals surface area contributed by atoms with Gasteiger partial charge in [-0.15, -0.1) is 0 Å². The van der Waals surface area contributed by atoms with Crippen LogP contribution in [0.25, 0.3) is 0 Å². The van der Waals surface area contributed by atoms with E-state index in [1.165, 1.54) is 5.56 Å². The van der Waals surface area contributed by atoms with Crippen molar-refractivity contribution >= 4 is 25.4 Å². The number of hydrogen-bond acceptors (Lipinski definition) is 0. The van der Waals surface area contributed by atoms with Crippen LogP contribution in [0.3, 0.4) is 0 Å². The Morgan fingerprint density at radius 3 is 2.12 bits per heavy atom. The van der Waals surface area contributed by atoms with E-state index >= 15 is 0 Å². The Bertz CT molecular complexity index is 167. The van der Waals surface area contributed by atoms with Crippen molar-refractivity contribution in [2.24, 2.45) is 0 Å². The Morgan fingerprint density at radius 2 is 1.75 bits per heavy atom. The van der Waals surface area contributed by atoms with Crippen LogP contribution in [-0.4, -0.2) is 25.4 Å². The molecule has 0 nitrogen and oxygen atoms in total. The quantitative estimate of drug-likeness (QED) is 0.478. The molecule has 0 aliphatic heterocycles. The number of hydrogen-bond donors (Lipinski definition) is 0. The van der Waals surface area contributed by atoms with Crippen molar-refractivity contribution in [1.82, 2.24) is 0 Å². The second kappa shape index (κ2) is 3.00. The fraction of sp³-hybridized carbons (Fsp3) is 0. The molecule has 36 valence electrons. The summed E-state index contributed by atoms with van der Waals surface area (Å²) in [5, 5.41) is 0. The minimum absolute atomic E-state index is 1.30. The molecular weight excluding hydrogens is 108 g/mol. The maximum atomic E-state index is 2.11. The Hall–Kier alpha value is -0.144. The van der Waals surface area contributed by atoms with Crippen LogP contribution in [0.5, 0.6) is 0 Å². The molecule has 0 aliphatic carbocycles. The molecule has 0 atom stereocenters. The average molecular weight is 114 g/mol. The van der Waals surface area contributed by atoms with Gasteiger partial charge in [0.25, 0.3) is 0 Å². The average Bonchev–Trinajstić information content (AvgIpc) is 1.90. The standard InChI is InChI=1S/C7H6.Mg/c1-7-5-3-2-4-6-7;/h1-6H;. The van der Waals surface area contributed by atoms with E-state index in [1.54, 1.807) is 0 Å². The number of benzene rings is 1. The van der Waals surface area contributed by atoms with E-state index in [1.807, 2.05) is 39.4 Å². The molecule has 0 saturated heterocycles. The van der Waals surface area contributed by atoms with E-state index < -0.39 is 0 Å². The van der Waals surface area contributed by atoms with Gasteiger partial charge >= 0.3 is 61.3 Å². The first kappa shape index (κ1) is 5.98. The first-order valence-corrected chi connectivity index (χ1v) is 3.42. The second-order valence-corrected chi connectivity index (χ2v) is 2.02. The molecule has 1 rings (SSSR count). The van der Waals surface area contributed by atoms with Crippen molar-refractivity contribution < 1.29 is 0 Å². The topological polar surface area (TPSA) is 0 Å². The van der Waals surface area contributed by atoms with Gasteiger partial charge in [0.15, 0.2) is 0 Å². The van der Waals surface area contributed by atoms with Crippen LogP contribution < -0.4 is 0 Å². The van der Waals surface area contributed by atoms with Crippen molar-refractivity contribution in [2.45, 2.75) is 0 Å². The molecule has 1 aromatic carbocycles. The summed E-state index contributed by atoms with van der Waals surface area (Å²) in [6.07, 6.45) is 0. The molecule has 0 aromatic heterocycles. The van der Waals surface area contributed by atoms with Crippen LogP contribution in [0.4, 0.5) is 0 Å². The van der Waals surface area contributed by atoms with E-state index in [0.717, 1.165) is 0 Å². The SMILES string of the molecule is [Mg]=[CH]c1ccccc1. The molecule has 0 aliphatic rings. The Labute approximate surface area is 61.5 Å². The fourth-order valence-corrected chi connectivity index (χ4v) is 0.861. The van der Waals surface area contributed by atoms with E-state index in [0.29, 0.717) is 0 Å². The van der Waals surface area contributed by atoms with E-state index in [2.05, 4.69) is 16.3 Å². The van der Waals surface area contributed by atoms with E-state index in [4.69, 9.17) is 0 Å². The third-order valence-corrected chi connectivity index (χ3v) is 1.51. The van der Waals surface area contributed by atoms with Crippen LogP contribution in [0.1, 0.15) is 5.56 Å². The Balaban J connectivity index is 2.99. The summed E-state index contributed by atoms with van der Waals surface area (Å²) >= 11 is 1.86. The third kappa shape index (κ3) is 1.42. The molecule has 1 aromatic rings. The van der Waals surface area contributed by atoms with Gasteiger partial charge in [0.2, 0.25) is 0 Å². The van der Waals surface area contributed by atoms with Gasteiger partial charge in [0.1, 0.15) is 0 Å². The Morgan fingerprint density at radius 1 is 1.12 bits per heavy atom. The van der Waals surface area contributed by atoms with Crippen LogP contribution in [0, 0.1) is 0 Å². The molecule has 0 spiro atoms. The second-order valence-electron chi connectivity index (χ2n) is 1.61. The molecule has 0 radical (unpaired) electrons. The van der Waals surface area contributed by atoms with Crippen LogP contribution >= 0.6 is 0 Å². The summed E-state index contributed by atoms with van der Waals surface area (Å²) in [5.74, 6) is 0. The summed E-state index contributed by atoms with van der Waals surface area (Å²) in [4.78, 5) is 0. The van der Waals surface area contributed by atoms with Crippen LogP contribution in [-0.2, 0) is 0 Å². The summed E-state index contributed by atoms with van der Waals surface area (Å²) in [6, 6.07) is 10.3. The zero-order chi connectivity index (χ0) is 5.82. The van der Waals surface area contributed by atoms with Crippen molar-refractivity contribution in [1.29, 1.82) is 0 Å². The molecule has 0 bridgehead atoms. The third-order valence-electron chi connectivity index (χ3n) is 1.04. The van der Waals surface area contributed by atoms with Crippen molar-refractivity contribution in [3.8, 4) is 0 Å². The molecule has 0 amide bonds. The van der Waals surface area contributed by atoms with Gasteiger partial charge in [-0.3, -0.25) is 0 Å². The predicted octanol–water partition coefficient (Wildman–Crippen LogP) is 1.01. The molecule has 0 N–H and O–H groups in total. The minimum atomic E-state index is 1.30. The van der Waals surface area contributed by atoms with Gasteiger partial charge in [-0.2, -0.15) is 0 Å². The first-order valence-electron chi connectivity index (χ1n) is 2.61. The fourth-order valence-electron chi connectivity index (χ4n) is 0.589. The monoisotopic (exact) mass is 114 g/mol. The summed E-state index contributed by atoms with van der Waals surface area (Å²) < 4.78 is 2.11.